The first-order chi connectivity index (χ1) is 9.22. The zero-order valence-corrected chi connectivity index (χ0v) is 12.1. The van der Waals surface area contributed by atoms with E-state index in [-0.39, 0.29) is 0 Å². The molecule has 0 amide bonds. The molecule has 3 heteroatoms. The van der Waals surface area contributed by atoms with Crippen molar-refractivity contribution in [3.63, 3.8) is 0 Å². The molecule has 0 fully saturated rings. The summed E-state index contributed by atoms with van der Waals surface area (Å²) in [5, 5.41) is 7.91. The maximum atomic E-state index is 4.37. The Morgan fingerprint density at radius 3 is 2.47 bits per heavy atom. The zero-order chi connectivity index (χ0) is 13.7. The minimum atomic E-state index is 0.315. The number of likely N-dealkylation sites (N-methyl/N-ethyl adjacent to an activating group) is 1. The van der Waals surface area contributed by atoms with Crippen LogP contribution in [0.4, 0.5) is 0 Å². The number of hydrogen-bond acceptors (Lipinski definition) is 2. The highest BCUT2D eigenvalue weighted by atomic mass is 15.3. The first-order valence-electron chi connectivity index (χ1n) is 7.04. The Bertz CT molecular complexity index is 499. The van der Waals surface area contributed by atoms with Gasteiger partial charge in [0.25, 0.3) is 0 Å². The van der Waals surface area contributed by atoms with Gasteiger partial charge in [-0.05, 0) is 36.6 Å². The Morgan fingerprint density at radius 1 is 1.21 bits per heavy atom. The molecule has 0 bridgehead atoms. The van der Waals surface area contributed by atoms with E-state index in [2.05, 4.69) is 61.6 Å². The van der Waals surface area contributed by atoms with Crippen LogP contribution in [0.15, 0.2) is 36.7 Å². The minimum absolute atomic E-state index is 0.315. The lowest BCUT2D eigenvalue weighted by atomic mass is 10.0. The quantitative estimate of drug-likeness (QED) is 0.861. The number of aromatic nitrogens is 2. The van der Waals surface area contributed by atoms with E-state index < -0.39 is 0 Å². The summed E-state index contributed by atoms with van der Waals surface area (Å²) in [6, 6.07) is 9.20. The van der Waals surface area contributed by atoms with E-state index >= 15 is 0 Å². The summed E-state index contributed by atoms with van der Waals surface area (Å²) < 4.78 is 2.01. The van der Waals surface area contributed by atoms with Gasteiger partial charge in [-0.3, -0.25) is 4.68 Å². The van der Waals surface area contributed by atoms with Crippen molar-refractivity contribution in [3.8, 4) is 0 Å². The Balaban J connectivity index is 2.13. The molecule has 0 radical (unpaired) electrons. The Labute approximate surface area is 115 Å². The first kappa shape index (κ1) is 13.8. The molecule has 1 atom stereocenters. The standard InChI is InChI=1S/C16H23N3/c1-4-14-6-8-15(9-7-14)16(17-5-2)12-19-11-13(3)10-18-19/h6-11,16-17H,4-5,12H2,1-3H3. The van der Waals surface area contributed by atoms with E-state index in [1.54, 1.807) is 0 Å². The lowest BCUT2D eigenvalue weighted by Crippen LogP contribution is -2.25. The smallest absolute Gasteiger partial charge is 0.0604 e. The van der Waals surface area contributed by atoms with Crippen LogP contribution in [-0.4, -0.2) is 16.3 Å². The monoisotopic (exact) mass is 257 g/mol. The maximum absolute atomic E-state index is 4.37. The van der Waals surface area contributed by atoms with Crippen molar-refractivity contribution in [2.45, 2.75) is 39.8 Å². The summed E-state index contributed by atoms with van der Waals surface area (Å²) in [7, 11) is 0. The summed E-state index contributed by atoms with van der Waals surface area (Å²) in [5.74, 6) is 0. The zero-order valence-electron chi connectivity index (χ0n) is 12.1. The van der Waals surface area contributed by atoms with Crippen LogP contribution in [-0.2, 0) is 13.0 Å². The summed E-state index contributed by atoms with van der Waals surface area (Å²) >= 11 is 0. The van der Waals surface area contributed by atoms with E-state index in [9.17, 15) is 0 Å². The largest absolute Gasteiger partial charge is 0.309 e. The highest BCUT2D eigenvalue weighted by Crippen LogP contribution is 2.16. The van der Waals surface area contributed by atoms with Gasteiger partial charge in [-0.1, -0.05) is 38.1 Å². The van der Waals surface area contributed by atoms with Crippen molar-refractivity contribution in [2.75, 3.05) is 6.54 Å². The van der Waals surface area contributed by atoms with Crippen molar-refractivity contribution in [1.29, 1.82) is 0 Å². The van der Waals surface area contributed by atoms with Crippen molar-refractivity contribution in [1.82, 2.24) is 15.1 Å². The topological polar surface area (TPSA) is 29.9 Å². The van der Waals surface area contributed by atoms with Crippen LogP contribution >= 0.6 is 0 Å². The fourth-order valence-corrected chi connectivity index (χ4v) is 2.27. The van der Waals surface area contributed by atoms with Crippen molar-refractivity contribution in [2.24, 2.45) is 0 Å². The number of hydrogen-bond donors (Lipinski definition) is 1. The Kier molecular flexibility index (Phi) is 4.74. The molecule has 0 saturated carbocycles. The van der Waals surface area contributed by atoms with E-state index in [1.165, 1.54) is 16.7 Å². The molecule has 102 valence electrons. The summed E-state index contributed by atoms with van der Waals surface area (Å²) in [6.07, 6.45) is 5.08. The van der Waals surface area contributed by atoms with Crippen LogP contribution in [0.3, 0.4) is 0 Å². The van der Waals surface area contributed by atoms with Gasteiger partial charge < -0.3 is 5.32 Å². The first-order valence-corrected chi connectivity index (χ1v) is 7.04. The molecule has 3 nitrogen and oxygen atoms in total. The number of nitrogens with zero attached hydrogens (tertiary/aromatic N) is 2. The molecular formula is C16H23N3. The molecule has 1 N–H and O–H groups in total. The lowest BCUT2D eigenvalue weighted by molar-refractivity contribution is 0.448. The summed E-state index contributed by atoms with van der Waals surface area (Å²) in [5.41, 5.74) is 3.91. The molecule has 0 aliphatic carbocycles. The van der Waals surface area contributed by atoms with E-state index in [4.69, 9.17) is 0 Å². The predicted molar refractivity (Wildman–Crippen MR) is 79.2 cm³/mol. The SMILES string of the molecule is CCNC(Cn1cc(C)cn1)c1ccc(CC)cc1. The Hall–Kier alpha value is -1.61. The van der Waals surface area contributed by atoms with E-state index in [1.807, 2.05) is 10.9 Å². The second-order valence-electron chi connectivity index (χ2n) is 4.95. The summed E-state index contributed by atoms with van der Waals surface area (Å²) in [6.45, 7) is 8.22. The van der Waals surface area contributed by atoms with Crippen LogP contribution in [0.25, 0.3) is 0 Å². The van der Waals surface area contributed by atoms with Crippen molar-refractivity contribution >= 4 is 0 Å². The second-order valence-corrected chi connectivity index (χ2v) is 4.95. The molecule has 0 aliphatic heterocycles. The third-order valence-electron chi connectivity index (χ3n) is 3.37. The highest BCUT2D eigenvalue weighted by molar-refractivity contribution is 5.25. The van der Waals surface area contributed by atoms with Crippen LogP contribution < -0.4 is 5.32 Å². The fraction of sp³-hybridized carbons (Fsp3) is 0.438. The predicted octanol–water partition coefficient (Wildman–Crippen LogP) is 3.10. The van der Waals surface area contributed by atoms with Crippen LogP contribution in [0.1, 0.15) is 36.6 Å². The molecule has 2 rings (SSSR count). The van der Waals surface area contributed by atoms with E-state index in [0.717, 1.165) is 19.5 Å². The molecular weight excluding hydrogens is 234 g/mol. The Morgan fingerprint density at radius 2 is 1.95 bits per heavy atom. The van der Waals surface area contributed by atoms with Gasteiger partial charge in [0.05, 0.1) is 18.8 Å². The van der Waals surface area contributed by atoms with Gasteiger partial charge >= 0.3 is 0 Å². The van der Waals surface area contributed by atoms with E-state index in [0.29, 0.717) is 6.04 Å². The molecule has 19 heavy (non-hydrogen) atoms. The molecule has 0 spiro atoms. The van der Waals surface area contributed by atoms with Crippen LogP contribution in [0.5, 0.6) is 0 Å². The molecule has 2 aromatic rings. The van der Waals surface area contributed by atoms with Gasteiger partial charge in [0.1, 0.15) is 0 Å². The number of rotatable bonds is 6. The molecule has 1 unspecified atom stereocenters. The number of nitrogens with one attached hydrogen (secondary N) is 1. The third kappa shape index (κ3) is 3.67. The lowest BCUT2D eigenvalue weighted by Gasteiger charge is -2.18. The maximum Gasteiger partial charge on any atom is 0.0604 e. The average Bonchev–Trinajstić information content (AvgIpc) is 2.84. The number of aryl methyl sites for hydroxylation is 2. The molecule has 0 aliphatic rings. The van der Waals surface area contributed by atoms with Crippen molar-refractivity contribution in [3.05, 3.63) is 53.3 Å². The van der Waals surface area contributed by atoms with Crippen LogP contribution in [0, 0.1) is 6.92 Å². The minimum Gasteiger partial charge on any atom is -0.309 e. The average molecular weight is 257 g/mol. The van der Waals surface area contributed by atoms with Gasteiger partial charge in [-0.15, -0.1) is 0 Å². The molecule has 0 saturated heterocycles. The van der Waals surface area contributed by atoms with Gasteiger partial charge in [-0.25, -0.2) is 0 Å². The van der Waals surface area contributed by atoms with Crippen LogP contribution in [0.2, 0.25) is 0 Å². The molecule has 1 heterocycles. The van der Waals surface area contributed by atoms with Gasteiger partial charge in [0.2, 0.25) is 0 Å². The van der Waals surface area contributed by atoms with Gasteiger partial charge in [-0.2, -0.15) is 5.10 Å². The molecule has 1 aromatic carbocycles. The molecule has 1 aromatic heterocycles. The van der Waals surface area contributed by atoms with Gasteiger partial charge in [0, 0.05) is 6.20 Å². The number of benzene rings is 1. The summed E-state index contributed by atoms with van der Waals surface area (Å²) in [4.78, 5) is 0. The highest BCUT2D eigenvalue weighted by Gasteiger charge is 2.11. The normalized spacial score (nSPS) is 12.6. The fourth-order valence-electron chi connectivity index (χ4n) is 2.27. The van der Waals surface area contributed by atoms with Gasteiger partial charge in [0.15, 0.2) is 0 Å². The van der Waals surface area contributed by atoms with Crippen molar-refractivity contribution < 1.29 is 0 Å². The second kappa shape index (κ2) is 6.53. The third-order valence-corrected chi connectivity index (χ3v) is 3.37.